The highest BCUT2D eigenvalue weighted by atomic mass is 16.4. The highest BCUT2D eigenvalue weighted by molar-refractivity contribution is 5.67. The van der Waals surface area contributed by atoms with Gasteiger partial charge in [0.15, 0.2) is 0 Å². The Morgan fingerprint density at radius 1 is 0.909 bits per heavy atom. The molecule has 0 fully saturated rings. The summed E-state index contributed by atoms with van der Waals surface area (Å²) in [6.07, 6.45) is 0. The van der Waals surface area contributed by atoms with E-state index in [4.69, 9.17) is 30.0 Å². The third kappa shape index (κ3) is 51.0. The number of rotatable bonds is 2. The topological polar surface area (TPSA) is 115 Å². The Kier molecular flexibility index (Phi) is 17.4. The first-order valence-electron chi connectivity index (χ1n) is 2.20. The highest BCUT2D eigenvalue weighted by Gasteiger charge is 1.83. The third-order valence-corrected chi connectivity index (χ3v) is 0.271. The quantitative estimate of drug-likeness (QED) is 0.410. The summed E-state index contributed by atoms with van der Waals surface area (Å²) in [5.74, 6) is -2.38. The van der Waals surface area contributed by atoms with Crippen molar-refractivity contribution in [3.8, 4) is 0 Å². The minimum Gasteiger partial charge on any atom is -0.480 e. The van der Waals surface area contributed by atoms with Gasteiger partial charge in [-0.1, -0.05) is 7.43 Å². The van der Waals surface area contributed by atoms with Crippen LogP contribution in [0.1, 0.15) is 7.43 Å². The van der Waals surface area contributed by atoms with Gasteiger partial charge in [-0.25, -0.2) is 9.59 Å². The van der Waals surface area contributed by atoms with E-state index >= 15 is 0 Å². The molecule has 0 aromatic heterocycles. The van der Waals surface area contributed by atoms with Crippen LogP contribution in [0, 0.1) is 0 Å². The zero-order chi connectivity index (χ0) is 8.57. The molecule has 0 saturated heterocycles. The van der Waals surface area contributed by atoms with E-state index in [9.17, 15) is 0 Å². The molecule has 0 radical (unpaired) electrons. The first kappa shape index (κ1) is 16.4. The zero-order valence-electron chi connectivity index (χ0n) is 5.02. The molecule has 4 N–H and O–H groups in total. The second kappa shape index (κ2) is 11.6. The number of hydrogen-bond acceptors (Lipinski definition) is 4. The monoisotopic (exact) mass is 168 g/mol. The molecule has 0 spiro atoms. The molecule has 0 aliphatic carbocycles. The van der Waals surface area contributed by atoms with Gasteiger partial charge >= 0.3 is 11.9 Å². The molecule has 0 unspecified atom stereocenters. The summed E-state index contributed by atoms with van der Waals surface area (Å²) in [4.78, 5) is 18.2. The molecule has 0 aliphatic rings. The maximum absolute atomic E-state index is 9.12. The lowest BCUT2D eigenvalue weighted by atomic mass is 10.8. The molecule has 11 heavy (non-hydrogen) atoms. The van der Waals surface area contributed by atoms with Crippen LogP contribution in [0.3, 0.4) is 0 Å². The normalized spacial score (nSPS) is 6.73. The summed E-state index contributed by atoms with van der Waals surface area (Å²) in [5, 5.41) is 30.0. The Morgan fingerprint density at radius 2 is 1.00 bits per heavy atom. The van der Waals surface area contributed by atoms with Crippen molar-refractivity contribution in [3.63, 3.8) is 0 Å². The SMILES string of the molecule is C.O=C(O)CO.O=C(O)CO. The van der Waals surface area contributed by atoms with Crippen LogP contribution in [-0.4, -0.2) is 45.6 Å². The molecule has 0 atom stereocenters. The van der Waals surface area contributed by atoms with Gasteiger partial charge in [0.2, 0.25) is 0 Å². The lowest BCUT2D eigenvalue weighted by Gasteiger charge is -1.72. The predicted molar refractivity (Wildman–Crippen MR) is 36.2 cm³/mol. The standard InChI is InChI=1S/2C2H4O3.CH4/c2*3-1-2(4)5;/h2*3H,1H2,(H,4,5);1H4. The maximum atomic E-state index is 9.12. The molecule has 0 saturated carbocycles. The van der Waals surface area contributed by atoms with Crippen molar-refractivity contribution in [1.29, 1.82) is 0 Å². The van der Waals surface area contributed by atoms with Gasteiger partial charge in [-0.3, -0.25) is 0 Å². The number of carbonyl (C=O) groups is 2. The van der Waals surface area contributed by atoms with Crippen LogP contribution in [0.4, 0.5) is 0 Å². The van der Waals surface area contributed by atoms with Crippen molar-refractivity contribution in [1.82, 2.24) is 0 Å². The van der Waals surface area contributed by atoms with Gasteiger partial charge in [0.25, 0.3) is 0 Å². The fraction of sp³-hybridized carbons (Fsp3) is 0.600. The largest absolute Gasteiger partial charge is 0.480 e. The summed E-state index contributed by atoms with van der Waals surface area (Å²) < 4.78 is 0. The average molecular weight is 168 g/mol. The van der Waals surface area contributed by atoms with Crippen LogP contribution in [0.25, 0.3) is 0 Å². The fourth-order valence-corrected chi connectivity index (χ4v) is 0. The first-order valence-corrected chi connectivity index (χ1v) is 2.20. The summed E-state index contributed by atoms with van der Waals surface area (Å²) in [6, 6.07) is 0. The van der Waals surface area contributed by atoms with E-state index in [1.54, 1.807) is 0 Å². The summed E-state index contributed by atoms with van der Waals surface area (Å²) in [5.41, 5.74) is 0. The van der Waals surface area contributed by atoms with Gasteiger partial charge in [-0.15, -0.1) is 0 Å². The van der Waals surface area contributed by atoms with Crippen molar-refractivity contribution >= 4 is 11.9 Å². The van der Waals surface area contributed by atoms with E-state index < -0.39 is 25.2 Å². The Bertz CT molecular complexity index is 95.5. The van der Waals surface area contributed by atoms with E-state index in [1.165, 1.54) is 0 Å². The van der Waals surface area contributed by atoms with Crippen LogP contribution in [0.15, 0.2) is 0 Å². The number of hydrogen-bond donors (Lipinski definition) is 4. The predicted octanol–water partition coefficient (Wildman–Crippen LogP) is -1.24. The molecule has 0 aliphatic heterocycles. The van der Waals surface area contributed by atoms with Crippen LogP contribution in [0.2, 0.25) is 0 Å². The van der Waals surface area contributed by atoms with Gasteiger partial charge in [0, 0.05) is 0 Å². The fourth-order valence-electron chi connectivity index (χ4n) is 0. The first-order chi connectivity index (χ1) is 4.54. The molecule has 0 rings (SSSR count). The van der Waals surface area contributed by atoms with Crippen molar-refractivity contribution in [2.45, 2.75) is 7.43 Å². The van der Waals surface area contributed by atoms with Gasteiger partial charge in [-0.2, -0.15) is 0 Å². The Labute approximate surface area is 63.7 Å². The molecule has 68 valence electrons. The number of carboxylic acid groups (broad SMARTS) is 2. The van der Waals surface area contributed by atoms with Crippen LogP contribution >= 0.6 is 0 Å². The van der Waals surface area contributed by atoms with Crippen molar-refractivity contribution in [2.24, 2.45) is 0 Å². The zero-order valence-corrected chi connectivity index (χ0v) is 5.02. The minimum atomic E-state index is -1.19. The minimum absolute atomic E-state index is 0. The summed E-state index contributed by atoms with van der Waals surface area (Å²) >= 11 is 0. The Morgan fingerprint density at radius 3 is 1.00 bits per heavy atom. The number of aliphatic hydroxyl groups excluding tert-OH is 2. The van der Waals surface area contributed by atoms with Gasteiger partial charge in [0.05, 0.1) is 0 Å². The average Bonchev–Trinajstić information content (AvgIpc) is 1.89. The van der Waals surface area contributed by atoms with E-state index in [0.29, 0.717) is 0 Å². The van der Waals surface area contributed by atoms with Crippen molar-refractivity contribution < 1.29 is 30.0 Å². The number of carboxylic acids is 2. The lowest BCUT2D eigenvalue weighted by molar-refractivity contribution is -0.141. The Hall–Kier alpha value is -1.14. The third-order valence-electron chi connectivity index (χ3n) is 0.271. The van der Waals surface area contributed by atoms with Gasteiger partial charge in [-0.05, 0) is 0 Å². The molecule has 0 bridgehead atoms. The highest BCUT2D eigenvalue weighted by Crippen LogP contribution is 1.49. The van der Waals surface area contributed by atoms with Gasteiger partial charge < -0.3 is 20.4 Å². The molecule has 0 heterocycles. The lowest BCUT2D eigenvalue weighted by Crippen LogP contribution is -1.98. The van der Waals surface area contributed by atoms with Crippen molar-refractivity contribution in [2.75, 3.05) is 13.2 Å². The van der Waals surface area contributed by atoms with Crippen molar-refractivity contribution in [3.05, 3.63) is 0 Å². The van der Waals surface area contributed by atoms with E-state index in [1.807, 2.05) is 0 Å². The molecule has 0 aromatic carbocycles. The number of aliphatic hydroxyl groups is 2. The van der Waals surface area contributed by atoms with Crippen LogP contribution in [0.5, 0.6) is 0 Å². The molecular formula is C5H12O6. The second-order valence-corrected chi connectivity index (χ2v) is 1.10. The smallest absolute Gasteiger partial charge is 0.329 e. The maximum Gasteiger partial charge on any atom is 0.329 e. The summed E-state index contributed by atoms with van der Waals surface area (Å²) in [6.45, 7) is -1.56. The molecule has 6 nitrogen and oxygen atoms in total. The molecule has 0 amide bonds. The van der Waals surface area contributed by atoms with E-state index in [2.05, 4.69) is 0 Å². The molecule has 6 heteroatoms. The van der Waals surface area contributed by atoms with Gasteiger partial charge in [0.1, 0.15) is 13.2 Å². The molecular weight excluding hydrogens is 156 g/mol. The summed E-state index contributed by atoms with van der Waals surface area (Å²) in [7, 11) is 0. The van der Waals surface area contributed by atoms with E-state index in [0.717, 1.165) is 0 Å². The molecule has 0 aromatic rings. The van der Waals surface area contributed by atoms with Crippen LogP contribution < -0.4 is 0 Å². The van der Waals surface area contributed by atoms with E-state index in [-0.39, 0.29) is 7.43 Å². The number of aliphatic carboxylic acids is 2. The Balaban J connectivity index is -0.000000107. The van der Waals surface area contributed by atoms with Crippen LogP contribution in [-0.2, 0) is 9.59 Å². The second-order valence-electron chi connectivity index (χ2n) is 1.10.